The van der Waals surface area contributed by atoms with Crippen molar-refractivity contribution in [3.63, 3.8) is 0 Å². The van der Waals surface area contributed by atoms with Crippen LogP contribution in [0.5, 0.6) is 5.75 Å². The number of nitrogens with zero attached hydrogens (tertiary/aromatic N) is 1. The fourth-order valence-electron chi connectivity index (χ4n) is 3.27. The first kappa shape index (κ1) is 25.4. The molecule has 3 rings (SSSR count). The van der Waals surface area contributed by atoms with E-state index in [9.17, 15) is 0 Å². The van der Waals surface area contributed by atoms with Crippen LogP contribution in [0.15, 0.2) is 53.5 Å². The molecule has 1 aliphatic heterocycles. The van der Waals surface area contributed by atoms with Crippen molar-refractivity contribution in [2.24, 2.45) is 10.9 Å². The average Bonchev–Trinajstić information content (AvgIpc) is 3.29. The number of ether oxygens (including phenoxy) is 3. The van der Waals surface area contributed by atoms with Gasteiger partial charge in [-0.2, -0.15) is 0 Å². The first-order valence-corrected chi connectivity index (χ1v) is 10.6. The van der Waals surface area contributed by atoms with E-state index in [1.54, 1.807) is 7.05 Å². The Morgan fingerprint density at radius 2 is 2.00 bits per heavy atom. The molecule has 0 bridgehead atoms. The van der Waals surface area contributed by atoms with Gasteiger partial charge in [0.1, 0.15) is 5.75 Å². The molecule has 0 saturated carbocycles. The molecular weight excluding hydrogens is 505 g/mol. The SMILES string of the molecule is CN=C(NCCOCc1ccccc1)NCc1ccc(C)cc1OCC1CCOC1.I. The number of hydrogen-bond donors (Lipinski definition) is 2. The van der Waals surface area contributed by atoms with Crippen LogP contribution in [0.2, 0.25) is 0 Å². The molecule has 0 spiro atoms. The molecule has 0 radical (unpaired) electrons. The summed E-state index contributed by atoms with van der Waals surface area (Å²) in [5, 5.41) is 6.65. The predicted octanol–water partition coefficient (Wildman–Crippen LogP) is 3.91. The zero-order valence-corrected chi connectivity index (χ0v) is 20.8. The van der Waals surface area contributed by atoms with Gasteiger partial charge in [0.2, 0.25) is 0 Å². The van der Waals surface area contributed by atoms with Gasteiger partial charge in [0.15, 0.2) is 5.96 Å². The van der Waals surface area contributed by atoms with E-state index in [0.29, 0.717) is 38.8 Å². The Balaban J connectivity index is 0.00000341. The zero-order chi connectivity index (χ0) is 21.0. The van der Waals surface area contributed by atoms with E-state index in [1.807, 2.05) is 18.2 Å². The summed E-state index contributed by atoms with van der Waals surface area (Å²) in [4.78, 5) is 4.30. The summed E-state index contributed by atoms with van der Waals surface area (Å²) in [5.74, 6) is 2.15. The molecule has 0 aliphatic carbocycles. The van der Waals surface area contributed by atoms with E-state index in [2.05, 4.69) is 52.9 Å². The van der Waals surface area contributed by atoms with Gasteiger partial charge in [-0.1, -0.05) is 42.5 Å². The second-order valence-corrected chi connectivity index (χ2v) is 7.54. The van der Waals surface area contributed by atoms with E-state index >= 15 is 0 Å². The number of rotatable bonds is 10. The van der Waals surface area contributed by atoms with Crippen LogP contribution < -0.4 is 15.4 Å². The van der Waals surface area contributed by atoms with Gasteiger partial charge in [-0.15, -0.1) is 24.0 Å². The molecular formula is C24H34IN3O3. The number of benzene rings is 2. The van der Waals surface area contributed by atoms with Crippen LogP contribution >= 0.6 is 24.0 Å². The van der Waals surface area contributed by atoms with Gasteiger partial charge in [0.25, 0.3) is 0 Å². The number of aliphatic imine (C=N–C) groups is 1. The summed E-state index contributed by atoms with van der Waals surface area (Å²) < 4.78 is 17.3. The lowest BCUT2D eigenvalue weighted by Crippen LogP contribution is -2.38. The normalized spacial score (nSPS) is 15.9. The Bertz CT molecular complexity index is 796. The standard InChI is InChI=1S/C24H33N3O3.HI/c1-19-8-9-22(23(14-19)30-18-21-10-12-28-17-21)15-27-24(25-2)26-11-13-29-16-20-6-4-3-5-7-20;/h3-9,14,21H,10-13,15-18H2,1-2H3,(H2,25,26,27);1H. The molecule has 7 heteroatoms. The van der Waals surface area contributed by atoms with Gasteiger partial charge >= 0.3 is 0 Å². The second-order valence-electron chi connectivity index (χ2n) is 7.54. The molecule has 0 amide bonds. The van der Waals surface area contributed by atoms with Gasteiger partial charge in [-0.3, -0.25) is 4.99 Å². The minimum atomic E-state index is 0. The van der Waals surface area contributed by atoms with Crippen LogP contribution in [-0.4, -0.2) is 46.0 Å². The molecule has 2 aromatic rings. The fourth-order valence-corrected chi connectivity index (χ4v) is 3.27. The molecule has 31 heavy (non-hydrogen) atoms. The first-order chi connectivity index (χ1) is 14.7. The predicted molar refractivity (Wildman–Crippen MR) is 135 cm³/mol. The first-order valence-electron chi connectivity index (χ1n) is 10.6. The summed E-state index contributed by atoms with van der Waals surface area (Å²) in [6.07, 6.45) is 1.07. The van der Waals surface area contributed by atoms with Crippen LogP contribution in [0.3, 0.4) is 0 Å². The molecule has 2 N–H and O–H groups in total. The highest BCUT2D eigenvalue weighted by Crippen LogP contribution is 2.22. The largest absolute Gasteiger partial charge is 0.493 e. The summed E-state index contributed by atoms with van der Waals surface area (Å²) in [5.41, 5.74) is 3.48. The van der Waals surface area contributed by atoms with Crippen molar-refractivity contribution >= 4 is 29.9 Å². The third-order valence-electron chi connectivity index (χ3n) is 5.04. The quantitative estimate of drug-likeness (QED) is 0.208. The van der Waals surface area contributed by atoms with Crippen LogP contribution in [0.25, 0.3) is 0 Å². The smallest absolute Gasteiger partial charge is 0.191 e. The van der Waals surface area contributed by atoms with E-state index in [1.165, 1.54) is 11.1 Å². The lowest BCUT2D eigenvalue weighted by atomic mass is 10.1. The van der Waals surface area contributed by atoms with Crippen molar-refractivity contribution < 1.29 is 14.2 Å². The number of aryl methyl sites for hydroxylation is 1. The monoisotopic (exact) mass is 539 g/mol. The van der Waals surface area contributed by atoms with Gasteiger partial charge in [-0.05, 0) is 30.5 Å². The number of guanidine groups is 1. The zero-order valence-electron chi connectivity index (χ0n) is 18.4. The Hall–Kier alpha value is -1.84. The summed E-state index contributed by atoms with van der Waals surface area (Å²) >= 11 is 0. The lowest BCUT2D eigenvalue weighted by Gasteiger charge is -2.17. The Morgan fingerprint density at radius 3 is 2.74 bits per heavy atom. The van der Waals surface area contributed by atoms with Crippen molar-refractivity contribution in [1.29, 1.82) is 0 Å². The van der Waals surface area contributed by atoms with Crippen LogP contribution in [0.4, 0.5) is 0 Å². The van der Waals surface area contributed by atoms with Crippen molar-refractivity contribution in [1.82, 2.24) is 10.6 Å². The maximum Gasteiger partial charge on any atom is 0.191 e. The summed E-state index contributed by atoms with van der Waals surface area (Å²) in [6.45, 7) is 6.96. The van der Waals surface area contributed by atoms with Crippen LogP contribution in [0.1, 0.15) is 23.1 Å². The Morgan fingerprint density at radius 1 is 1.16 bits per heavy atom. The molecule has 0 aromatic heterocycles. The van der Waals surface area contributed by atoms with Crippen molar-refractivity contribution in [3.8, 4) is 5.75 Å². The van der Waals surface area contributed by atoms with Gasteiger partial charge in [-0.25, -0.2) is 0 Å². The topological polar surface area (TPSA) is 64.1 Å². The maximum atomic E-state index is 6.12. The highest BCUT2D eigenvalue weighted by Gasteiger charge is 2.17. The molecule has 170 valence electrons. The molecule has 6 nitrogen and oxygen atoms in total. The van der Waals surface area contributed by atoms with Crippen molar-refractivity contribution in [2.75, 3.05) is 40.0 Å². The van der Waals surface area contributed by atoms with Crippen LogP contribution in [0, 0.1) is 12.8 Å². The van der Waals surface area contributed by atoms with Gasteiger partial charge in [0, 0.05) is 38.2 Å². The highest BCUT2D eigenvalue weighted by molar-refractivity contribution is 14.0. The summed E-state index contributed by atoms with van der Waals surface area (Å²) in [6, 6.07) is 16.5. The molecule has 1 saturated heterocycles. The molecule has 1 heterocycles. The fraction of sp³-hybridized carbons (Fsp3) is 0.458. The number of nitrogens with one attached hydrogen (secondary N) is 2. The lowest BCUT2D eigenvalue weighted by molar-refractivity contribution is 0.125. The van der Waals surface area contributed by atoms with Crippen molar-refractivity contribution in [2.45, 2.75) is 26.5 Å². The number of hydrogen-bond acceptors (Lipinski definition) is 4. The Kier molecular flexibility index (Phi) is 11.7. The second kappa shape index (κ2) is 14.3. The molecule has 1 aliphatic rings. The third kappa shape index (κ3) is 9.04. The average molecular weight is 539 g/mol. The molecule has 2 aromatic carbocycles. The van der Waals surface area contributed by atoms with E-state index < -0.39 is 0 Å². The molecule has 1 fully saturated rings. The minimum absolute atomic E-state index is 0. The van der Waals surface area contributed by atoms with Gasteiger partial charge < -0.3 is 24.8 Å². The van der Waals surface area contributed by atoms with E-state index in [0.717, 1.165) is 36.9 Å². The van der Waals surface area contributed by atoms with E-state index in [-0.39, 0.29) is 24.0 Å². The molecule has 1 unspecified atom stereocenters. The molecule has 1 atom stereocenters. The minimum Gasteiger partial charge on any atom is -0.493 e. The van der Waals surface area contributed by atoms with E-state index in [4.69, 9.17) is 14.2 Å². The summed E-state index contributed by atoms with van der Waals surface area (Å²) in [7, 11) is 1.77. The van der Waals surface area contributed by atoms with Crippen LogP contribution in [-0.2, 0) is 22.6 Å². The maximum absolute atomic E-state index is 6.12. The third-order valence-corrected chi connectivity index (χ3v) is 5.04. The number of halogens is 1. The van der Waals surface area contributed by atoms with Gasteiger partial charge in [0.05, 0.1) is 26.4 Å². The highest BCUT2D eigenvalue weighted by atomic mass is 127. The van der Waals surface area contributed by atoms with Crippen molar-refractivity contribution in [3.05, 3.63) is 65.2 Å². The Labute approximate surface area is 202 Å².